The van der Waals surface area contributed by atoms with Crippen LogP contribution in [0.2, 0.25) is 0 Å². The number of benzene rings is 1. The van der Waals surface area contributed by atoms with Crippen molar-refractivity contribution in [2.75, 3.05) is 13.1 Å². The predicted molar refractivity (Wildman–Crippen MR) is 90.8 cm³/mol. The van der Waals surface area contributed by atoms with E-state index in [2.05, 4.69) is 5.32 Å². The Kier molecular flexibility index (Phi) is 4.62. The van der Waals surface area contributed by atoms with Gasteiger partial charge >= 0.3 is 0 Å². The summed E-state index contributed by atoms with van der Waals surface area (Å²) in [5, 5.41) is 3.53. The number of nitrogens with one attached hydrogen (secondary N) is 1. The minimum atomic E-state index is -3.41. The first kappa shape index (κ1) is 17.0. The molecular weight excluding hydrogens is 336 g/mol. The standard InChI is InChI=1S/C16H22N2O3S.ClH/c1-11-8-12-9-15(4-5-16(12)21-11)22(19,20)18-7-6-13-2-3-14(10-18)17-13;/h4-5,9,11,13-14,17H,2-3,6-8,10H2,1H3;1H. The fraction of sp³-hybridized carbons (Fsp3) is 0.625. The second-order valence-corrected chi connectivity index (χ2v) is 8.63. The van der Waals surface area contributed by atoms with E-state index in [0.29, 0.717) is 30.1 Å². The quantitative estimate of drug-likeness (QED) is 0.877. The second kappa shape index (κ2) is 6.24. The van der Waals surface area contributed by atoms with E-state index >= 15 is 0 Å². The number of sulfonamides is 1. The highest BCUT2D eigenvalue weighted by Crippen LogP contribution is 2.32. The molecule has 2 fully saturated rings. The van der Waals surface area contributed by atoms with Gasteiger partial charge in [0, 0.05) is 31.6 Å². The zero-order valence-corrected chi connectivity index (χ0v) is 14.8. The number of halogens is 1. The van der Waals surface area contributed by atoms with E-state index in [9.17, 15) is 8.42 Å². The Morgan fingerprint density at radius 1 is 1.22 bits per heavy atom. The van der Waals surface area contributed by atoms with Crippen LogP contribution in [0.25, 0.3) is 0 Å². The summed E-state index contributed by atoms with van der Waals surface area (Å²) < 4.78 is 33.2. The van der Waals surface area contributed by atoms with Crippen LogP contribution >= 0.6 is 12.4 Å². The third-order valence-electron chi connectivity index (χ3n) is 4.99. The summed E-state index contributed by atoms with van der Waals surface area (Å²) in [6.07, 6.45) is 4.07. The highest BCUT2D eigenvalue weighted by Gasteiger charge is 2.35. The van der Waals surface area contributed by atoms with Crippen LogP contribution in [0.5, 0.6) is 5.75 Å². The van der Waals surface area contributed by atoms with Crippen molar-refractivity contribution in [3.8, 4) is 5.75 Å². The number of hydrogen-bond donors (Lipinski definition) is 1. The van der Waals surface area contributed by atoms with Gasteiger partial charge in [-0.1, -0.05) is 0 Å². The Labute approximate surface area is 143 Å². The zero-order chi connectivity index (χ0) is 15.3. The van der Waals surface area contributed by atoms with Crippen molar-refractivity contribution in [1.29, 1.82) is 0 Å². The minimum absolute atomic E-state index is 0. The first-order valence-corrected chi connectivity index (χ1v) is 9.52. The Morgan fingerprint density at radius 2 is 2.00 bits per heavy atom. The number of hydrogen-bond acceptors (Lipinski definition) is 4. The van der Waals surface area contributed by atoms with E-state index in [1.54, 1.807) is 22.5 Å². The van der Waals surface area contributed by atoms with Crippen LogP contribution in [0.4, 0.5) is 0 Å². The molecule has 1 aromatic carbocycles. The summed E-state index contributed by atoms with van der Waals surface area (Å²) >= 11 is 0. The van der Waals surface area contributed by atoms with Crippen LogP contribution in [0, 0.1) is 0 Å². The Hall–Kier alpha value is -0.820. The van der Waals surface area contributed by atoms with Crippen LogP contribution in [0.1, 0.15) is 31.7 Å². The number of rotatable bonds is 2. The zero-order valence-electron chi connectivity index (χ0n) is 13.2. The molecule has 2 bridgehead atoms. The molecular formula is C16H23ClN2O3S. The van der Waals surface area contributed by atoms with E-state index in [4.69, 9.17) is 4.74 Å². The monoisotopic (exact) mass is 358 g/mol. The van der Waals surface area contributed by atoms with Crippen molar-refractivity contribution >= 4 is 22.4 Å². The minimum Gasteiger partial charge on any atom is -0.490 e. The lowest BCUT2D eigenvalue weighted by Crippen LogP contribution is -2.39. The topological polar surface area (TPSA) is 58.6 Å². The van der Waals surface area contributed by atoms with Crippen LogP contribution in [0.3, 0.4) is 0 Å². The summed E-state index contributed by atoms with van der Waals surface area (Å²) in [5.41, 5.74) is 1.00. The number of nitrogens with zero attached hydrogens (tertiary/aromatic N) is 1. The van der Waals surface area contributed by atoms with Gasteiger partial charge in [0.05, 0.1) is 4.90 Å². The molecule has 2 saturated heterocycles. The average molecular weight is 359 g/mol. The molecule has 3 aliphatic rings. The van der Waals surface area contributed by atoms with Gasteiger partial charge < -0.3 is 10.1 Å². The van der Waals surface area contributed by atoms with E-state index in [1.165, 1.54) is 6.42 Å². The molecule has 3 aliphatic heterocycles. The first-order valence-electron chi connectivity index (χ1n) is 8.08. The highest BCUT2D eigenvalue weighted by atomic mass is 35.5. The van der Waals surface area contributed by atoms with Crippen molar-refractivity contribution in [1.82, 2.24) is 9.62 Å². The largest absolute Gasteiger partial charge is 0.490 e. The van der Waals surface area contributed by atoms with E-state index in [0.717, 1.165) is 30.6 Å². The molecule has 0 amide bonds. The number of fused-ring (bicyclic) bond motifs is 3. The fourth-order valence-electron chi connectivity index (χ4n) is 3.84. The van der Waals surface area contributed by atoms with E-state index in [-0.39, 0.29) is 18.5 Å². The normalized spacial score (nSPS) is 30.2. The molecule has 0 aliphatic carbocycles. The van der Waals surface area contributed by atoms with Gasteiger partial charge in [0.2, 0.25) is 10.0 Å². The van der Waals surface area contributed by atoms with Gasteiger partial charge in [-0.2, -0.15) is 4.31 Å². The van der Waals surface area contributed by atoms with Crippen molar-refractivity contribution in [3.63, 3.8) is 0 Å². The third-order valence-corrected chi connectivity index (χ3v) is 6.85. The SMILES string of the molecule is CC1Cc2cc(S(=O)(=O)N3CCC4CCC(C3)N4)ccc2O1.Cl. The molecule has 0 saturated carbocycles. The smallest absolute Gasteiger partial charge is 0.243 e. The molecule has 7 heteroatoms. The summed E-state index contributed by atoms with van der Waals surface area (Å²) in [5.74, 6) is 0.822. The Bertz CT molecular complexity index is 695. The van der Waals surface area contributed by atoms with Gasteiger partial charge in [-0.15, -0.1) is 12.4 Å². The molecule has 3 heterocycles. The van der Waals surface area contributed by atoms with Gasteiger partial charge in [0.15, 0.2) is 0 Å². The second-order valence-electron chi connectivity index (χ2n) is 6.69. The molecule has 0 spiro atoms. The number of ether oxygens (including phenoxy) is 1. The molecule has 128 valence electrons. The molecule has 0 aromatic heterocycles. The molecule has 4 rings (SSSR count). The van der Waals surface area contributed by atoms with Gasteiger partial charge in [-0.3, -0.25) is 0 Å². The maximum absolute atomic E-state index is 13.0. The lowest BCUT2D eigenvalue weighted by molar-refractivity contribution is 0.254. The maximum atomic E-state index is 13.0. The van der Waals surface area contributed by atoms with Crippen LogP contribution < -0.4 is 10.1 Å². The first-order chi connectivity index (χ1) is 10.5. The average Bonchev–Trinajstić information content (AvgIpc) is 2.98. The van der Waals surface area contributed by atoms with Crippen molar-refractivity contribution in [2.45, 2.75) is 55.7 Å². The summed E-state index contributed by atoms with van der Waals surface area (Å²) in [6, 6.07) is 6.07. The summed E-state index contributed by atoms with van der Waals surface area (Å²) in [4.78, 5) is 0.404. The summed E-state index contributed by atoms with van der Waals surface area (Å²) in [7, 11) is -3.41. The maximum Gasteiger partial charge on any atom is 0.243 e. The van der Waals surface area contributed by atoms with Gasteiger partial charge in [0.1, 0.15) is 11.9 Å². The van der Waals surface area contributed by atoms with E-state index < -0.39 is 10.0 Å². The van der Waals surface area contributed by atoms with Crippen LogP contribution in [-0.2, 0) is 16.4 Å². The van der Waals surface area contributed by atoms with Crippen molar-refractivity contribution in [3.05, 3.63) is 23.8 Å². The fourth-order valence-corrected chi connectivity index (χ4v) is 5.39. The molecule has 3 atom stereocenters. The third kappa shape index (κ3) is 3.09. The molecule has 3 unspecified atom stereocenters. The Balaban J connectivity index is 0.00000156. The molecule has 23 heavy (non-hydrogen) atoms. The van der Waals surface area contributed by atoms with Crippen molar-refractivity contribution in [2.24, 2.45) is 0 Å². The lowest BCUT2D eigenvalue weighted by atomic mass is 10.1. The van der Waals surface area contributed by atoms with Crippen molar-refractivity contribution < 1.29 is 13.2 Å². The molecule has 0 radical (unpaired) electrons. The lowest BCUT2D eigenvalue weighted by Gasteiger charge is -2.23. The van der Waals surface area contributed by atoms with Crippen LogP contribution in [-0.4, -0.2) is 44.0 Å². The van der Waals surface area contributed by atoms with Gasteiger partial charge in [-0.25, -0.2) is 8.42 Å². The van der Waals surface area contributed by atoms with Gasteiger partial charge in [-0.05, 0) is 49.9 Å². The molecule has 1 N–H and O–H groups in total. The Morgan fingerprint density at radius 3 is 2.83 bits per heavy atom. The van der Waals surface area contributed by atoms with Crippen LogP contribution in [0.15, 0.2) is 23.1 Å². The predicted octanol–water partition coefficient (Wildman–Crippen LogP) is 1.95. The van der Waals surface area contributed by atoms with Gasteiger partial charge in [0.25, 0.3) is 0 Å². The molecule has 5 nitrogen and oxygen atoms in total. The molecule has 1 aromatic rings. The van der Waals surface area contributed by atoms with E-state index in [1.807, 2.05) is 6.92 Å². The summed E-state index contributed by atoms with van der Waals surface area (Å²) in [6.45, 7) is 3.20. The highest BCUT2D eigenvalue weighted by molar-refractivity contribution is 7.89.